The molecule has 21 heavy (non-hydrogen) atoms. The van der Waals surface area contributed by atoms with Crippen molar-refractivity contribution in [3.63, 3.8) is 0 Å². The molecule has 0 saturated carbocycles. The Morgan fingerprint density at radius 2 is 1.62 bits per heavy atom. The van der Waals surface area contributed by atoms with Gasteiger partial charge in [0.2, 0.25) is 0 Å². The number of benzene rings is 3. The van der Waals surface area contributed by atoms with Crippen molar-refractivity contribution in [1.29, 1.82) is 0 Å². The zero-order valence-electron chi connectivity index (χ0n) is 11.1. The maximum Gasteiger partial charge on any atom is 0.144 e. The van der Waals surface area contributed by atoms with Gasteiger partial charge in [-0.25, -0.2) is 0 Å². The second-order valence-corrected chi connectivity index (χ2v) is 4.65. The SMILES string of the molecule is Oc1ccc(N=Cc2c(O)ccc3ccccc23)c(O)c1. The lowest BCUT2D eigenvalue weighted by Gasteiger charge is -2.05. The first-order valence-electron chi connectivity index (χ1n) is 6.42. The Hall–Kier alpha value is -3.01. The second-order valence-electron chi connectivity index (χ2n) is 4.65. The van der Waals surface area contributed by atoms with E-state index >= 15 is 0 Å². The van der Waals surface area contributed by atoms with Crippen molar-refractivity contribution in [3.8, 4) is 17.2 Å². The summed E-state index contributed by atoms with van der Waals surface area (Å²) in [6.07, 6.45) is 1.50. The molecular weight excluding hydrogens is 266 g/mol. The molecule has 4 nitrogen and oxygen atoms in total. The summed E-state index contributed by atoms with van der Waals surface area (Å²) in [5, 5.41) is 30.8. The molecule has 0 bridgehead atoms. The van der Waals surface area contributed by atoms with Gasteiger partial charge in [-0.3, -0.25) is 4.99 Å². The summed E-state index contributed by atoms with van der Waals surface area (Å²) >= 11 is 0. The molecule has 0 heterocycles. The Labute approximate surface area is 121 Å². The molecule has 0 aromatic heterocycles. The van der Waals surface area contributed by atoms with Gasteiger partial charge in [0.05, 0.1) is 0 Å². The molecule has 0 spiro atoms. The van der Waals surface area contributed by atoms with Crippen LogP contribution in [0.2, 0.25) is 0 Å². The summed E-state index contributed by atoms with van der Waals surface area (Å²) < 4.78 is 0. The Morgan fingerprint density at radius 3 is 2.43 bits per heavy atom. The molecule has 0 radical (unpaired) electrons. The van der Waals surface area contributed by atoms with Gasteiger partial charge in [0.15, 0.2) is 0 Å². The maximum absolute atomic E-state index is 10.0. The summed E-state index contributed by atoms with van der Waals surface area (Å²) in [7, 11) is 0. The van der Waals surface area contributed by atoms with Crippen LogP contribution < -0.4 is 0 Å². The van der Waals surface area contributed by atoms with Crippen molar-refractivity contribution in [3.05, 3.63) is 60.2 Å². The van der Waals surface area contributed by atoms with Crippen molar-refractivity contribution in [2.24, 2.45) is 4.99 Å². The fraction of sp³-hybridized carbons (Fsp3) is 0. The van der Waals surface area contributed by atoms with E-state index in [-0.39, 0.29) is 17.2 Å². The molecule has 0 amide bonds. The number of phenols is 3. The first-order valence-corrected chi connectivity index (χ1v) is 6.42. The number of fused-ring (bicyclic) bond motifs is 1. The lowest BCUT2D eigenvalue weighted by Crippen LogP contribution is -1.85. The van der Waals surface area contributed by atoms with Gasteiger partial charge in [0.1, 0.15) is 22.9 Å². The first kappa shape index (κ1) is 13.0. The molecule has 0 unspecified atom stereocenters. The number of rotatable bonds is 2. The van der Waals surface area contributed by atoms with E-state index in [1.807, 2.05) is 30.3 Å². The van der Waals surface area contributed by atoms with E-state index in [4.69, 9.17) is 0 Å². The van der Waals surface area contributed by atoms with Gasteiger partial charge < -0.3 is 15.3 Å². The predicted molar refractivity (Wildman–Crippen MR) is 82.6 cm³/mol. The predicted octanol–water partition coefficient (Wildman–Crippen LogP) is 3.71. The number of hydrogen-bond acceptors (Lipinski definition) is 4. The lowest BCUT2D eigenvalue weighted by molar-refractivity contribution is 0.451. The molecular formula is C17H13NO3. The summed E-state index contributed by atoms with van der Waals surface area (Å²) in [5.74, 6) is -0.0267. The molecule has 3 N–H and O–H groups in total. The largest absolute Gasteiger partial charge is 0.508 e. The van der Waals surface area contributed by atoms with Gasteiger partial charge in [0, 0.05) is 17.8 Å². The molecule has 0 aliphatic heterocycles. The molecule has 104 valence electrons. The molecule has 3 aromatic rings. The number of hydrogen-bond donors (Lipinski definition) is 3. The monoisotopic (exact) mass is 279 g/mol. The Bertz CT molecular complexity index is 841. The standard InChI is InChI=1S/C17H13NO3/c19-12-6-7-15(17(21)9-12)18-10-14-13-4-2-1-3-11(13)5-8-16(14)20/h1-10,19-21H. The van der Waals surface area contributed by atoms with Gasteiger partial charge in [-0.15, -0.1) is 0 Å². The number of aliphatic imine (C=N–C) groups is 1. The highest BCUT2D eigenvalue weighted by Gasteiger charge is 2.05. The summed E-state index contributed by atoms with van der Waals surface area (Å²) in [4.78, 5) is 4.18. The highest BCUT2D eigenvalue weighted by atomic mass is 16.3. The molecule has 0 aliphatic rings. The van der Waals surface area contributed by atoms with Crippen LogP contribution in [0.3, 0.4) is 0 Å². The van der Waals surface area contributed by atoms with E-state index in [0.29, 0.717) is 11.3 Å². The van der Waals surface area contributed by atoms with Crippen LogP contribution in [0.15, 0.2) is 59.6 Å². The first-order chi connectivity index (χ1) is 10.1. The Kier molecular flexibility index (Phi) is 3.20. The maximum atomic E-state index is 10.0. The molecule has 3 aromatic carbocycles. The van der Waals surface area contributed by atoms with Gasteiger partial charge >= 0.3 is 0 Å². The molecule has 0 saturated heterocycles. The summed E-state index contributed by atoms with van der Waals surface area (Å²) in [6, 6.07) is 15.3. The van der Waals surface area contributed by atoms with Crippen LogP contribution >= 0.6 is 0 Å². The molecule has 4 heteroatoms. The average Bonchev–Trinajstić information content (AvgIpc) is 2.48. The fourth-order valence-electron chi connectivity index (χ4n) is 2.17. The normalized spacial score (nSPS) is 11.2. The Balaban J connectivity index is 2.09. The van der Waals surface area contributed by atoms with Crippen LogP contribution in [-0.4, -0.2) is 21.5 Å². The van der Waals surface area contributed by atoms with E-state index in [1.54, 1.807) is 6.07 Å². The zero-order chi connectivity index (χ0) is 14.8. The minimum Gasteiger partial charge on any atom is -0.508 e. The van der Waals surface area contributed by atoms with E-state index in [1.165, 1.54) is 24.4 Å². The van der Waals surface area contributed by atoms with Gasteiger partial charge in [-0.1, -0.05) is 30.3 Å². The Morgan fingerprint density at radius 1 is 0.810 bits per heavy atom. The van der Waals surface area contributed by atoms with Crippen molar-refractivity contribution >= 4 is 22.7 Å². The molecule has 3 rings (SSSR count). The minimum absolute atomic E-state index is 0.0283. The third-order valence-corrected chi connectivity index (χ3v) is 3.24. The van der Waals surface area contributed by atoms with Gasteiger partial charge in [-0.05, 0) is 29.0 Å². The van der Waals surface area contributed by atoms with Gasteiger partial charge in [0.25, 0.3) is 0 Å². The zero-order valence-corrected chi connectivity index (χ0v) is 11.1. The number of aromatic hydroxyl groups is 3. The summed E-state index contributed by atoms with van der Waals surface area (Å²) in [5.41, 5.74) is 0.903. The van der Waals surface area contributed by atoms with Crippen LogP contribution in [0, 0.1) is 0 Å². The quantitative estimate of drug-likeness (QED) is 0.626. The highest BCUT2D eigenvalue weighted by molar-refractivity contribution is 6.03. The van der Waals surface area contributed by atoms with E-state index in [0.717, 1.165) is 10.8 Å². The summed E-state index contributed by atoms with van der Waals surface area (Å²) in [6.45, 7) is 0. The number of nitrogens with zero attached hydrogens (tertiary/aromatic N) is 1. The van der Waals surface area contributed by atoms with Crippen LogP contribution in [-0.2, 0) is 0 Å². The van der Waals surface area contributed by atoms with E-state index in [9.17, 15) is 15.3 Å². The highest BCUT2D eigenvalue weighted by Crippen LogP contribution is 2.31. The number of phenolic OH excluding ortho intramolecular Hbond substituents is 3. The van der Waals surface area contributed by atoms with Crippen molar-refractivity contribution in [1.82, 2.24) is 0 Å². The average molecular weight is 279 g/mol. The van der Waals surface area contributed by atoms with E-state index < -0.39 is 0 Å². The molecule has 0 atom stereocenters. The third-order valence-electron chi connectivity index (χ3n) is 3.24. The lowest BCUT2D eigenvalue weighted by atomic mass is 10.0. The fourth-order valence-corrected chi connectivity index (χ4v) is 2.17. The van der Waals surface area contributed by atoms with Crippen LogP contribution in [0.25, 0.3) is 10.8 Å². The van der Waals surface area contributed by atoms with Crippen molar-refractivity contribution in [2.75, 3.05) is 0 Å². The third kappa shape index (κ3) is 2.51. The van der Waals surface area contributed by atoms with Crippen LogP contribution in [0.4, 0.5) is 5.69 Å². The minimum atomic E-state index is -0.119. The molecule has 0 fully saturated rings. The smallest absolute Gasteiger partial charge is 0.144 e. The van der Waals surface area contributed by atoms with Crippen LogP contribution in [0.1, 0.15) is 5.56 Å². The van der Waals surface area contributed by atoms with Crippen LogP contribution in [0.5, 0.6) is 17.2 Å². The van der Waals surface area contributed by atoms with Crippen molar-refractivity contribution < 1.29 is 15.3 Å². The van der Waals surface area contributed by atoms with Gasteiger partial charge in [-0.2, -0.15) is 0 Å². The van der Waals surface area contributed by atoms with Crippen molar-refractivity contribution in [2.45, 2.75) is 0 Å². The molecule has 0 aliphatic carbocycles. The second kappa shape index (κ2) is 5.17. The van der Waals surface area contributed by atoms with E-state index in [2.05, 4.69) is 4.99 Å². The topological polar surface area (TPSA) is 73.1 Å².